The van der Waals surface area contributed by atoms with E-state index < -0.39 is 0 Å². The number of amidine groups is 1. The van der Waals surface area contributed by atoms with E-state index in [-0.39, 0.29) is 17.4 Å². The van der Waals surface area contributed by atoms with Crippen LogP contribution >= 0.6 is 22.9 Å². The lowest BCUT2D eigenvalue weighted by atomic mass is 10.1. The van der Waals surface area contributed by atoms with Crippen molar-refractivity contribution in [1.82, 2.24) is 0 Å². The zero-order valence-electron chi connectivity index (χ0n) is 16.9. The molecule has 32 heavy (non-hydrogen) atoms. The molecule has 0 fully saturated rings. The summed E-state index contributed by atoms with van der Waals surface area (Å²) in [7, 11) is 1.59. The van der Waals surface area contributed by atoms with Crippen LogP contribution in [-0.2, 0) is 4.79 Å². The Hall–Kier alpha value is -3.48. The quantitative estimate of drug-likeness (QED) is 0.323. The Bertz CT molecular complexity index is 1410. The Morgan fingerprint density at radius 1 is 1.06 bits per heavy atom. The number of methoxy groups -OCH3 is 1. The highest BCUT2D eigenvalue weighted by Crippen LogP contribution is 2.39. The van der Waals surface area contributed by atoms with Gasteiger partial charge in [-0.25, -0.2) is 9.38 Å². The molecule has 0 saturated carbocycles. The molecular formula is C25H16ClFN2O2S. The molecule has 2 heterocycles. The van der Waals surface area contributed by atoms with Crippen LogP contribution in [0.5, 0.6) is 5.75 Å². The molecule has 0 radical (unpaired) electrons. The average Bonchev–Trinajstić information content (AvgIpc) is 3.31. The maximum atomic E-state index is 13.6. The highest BCUT2D eigenvalue weighted by molar-refractivity contribution is 7.21. The van der Waals surface area contributed by atoms with E-state index in [4.69, 9.17) is 16.3 Å². The number of halogens is 2. The number of hydrogen-bond donors (Lipinski definition) is 0. The van der Waals surface area contributed by atoms with E-state index in [1.807, 2.05) is 48.5 Å². The Labute approximate surface area is 192 Å². The molecule has 0 unspecified atom stereocenters. The number of rotatable bonds is 4. The lowest BCUT2D eigenvalue weighted by molar-refractivity contribution is -0.113. The number of aliphatic imine (C=N–C) groups is 1. The van der Waals surface area contributed by atoms with Crippen LogP contribution in [0.3, 0.4) is 0 Å². The SMILES string of the molecule is COc1cccc(/C=C2/N=C(c3sc4ccccc4c3Cl)N(c3ccc(F)cc3)C2=O)c1. The van der Waals surface area contributed by atoms with Crippen LogP contribution in [0, 0.1) is 5.82 Å². The third-order valence-electron chi connectivity index (χ3n) is 5.08. The number of carbonyl (C=O) groups excluding carboxylic acids is 1. The molecule has 1 aliphatic heterocycles. The molecule has 0 aliphatic carbocycles. The molecule has 0 N–H and O–H groups in total. The minimum atomic E-state index is -0.383. The highest BCUT2D eigenvalue weighted by atomic mass is 35.5. The molecule has 0 spiro atoms. The van der Waals surface area contributed by atoms with E-state index in [9.17, 15) is 9.18 Å². The van der Waals surface area contributed by atoms with Crippen molar-refractivity contribution in [2.75, 3.05) is 12.0 Å². The topological polar surface area (TPSA) is 41.9 Å². The molecule has 1 aromatic heterocycles. The van der Waals surface area contributed by atoms with E-state index in [0.717, 1.165) is 15.6 Å². The molecule has 0 saturated heterocycles. The molecule has 0 atom stereocenters. The van der Waals surface area contributed by atoms with Gasteiger partial charge < -0.3 is 4.74 Å². The van der Waals surface area contributed by atoms with Gasteiger partial charge in [0.05, 0.1) is 22.7 Å². The molecule has 1 aliphatic rings. The number of benzene rings is 3. The lowest BCUT2D eigenvalue weighted by Crippen LogP contribution is -2.32. The van der Waals surface area contributed by atoms with E-state index in [0.29, 0.717) is 27.2 Å². The van der Waals surface area contributed by atoms with E-state index in [2.05, 4.69) is 4.99 Å². The van der Waals surface area contributed by atoms with Crippen LogP contribution in [-0.4, -0.2) is 18.9 Å². The van der Waals surface area contributed by atoms with Crippen molar-refractivity contribution in [2.24, 2.45) is 4.99 Å². The molecule has 3 aromatic carbocycles. The van der Waals surface area contributed by atoms with Gasteiger partial charge in [0.15, 0.2) is 5.84 Å². The number of anilines is 1. The summed E-state index contributed by atoms with van der Waals surface area (Å²) in [5.41, 5.74) is 1.54. The third kappa shape index (κ3) is 3.57. The average molecular weight is 463 g/mol. The molecule has 4 aromatic rings. The minimum absolute atomic E-state index is 0.256. The monoisotopic (exact) mass is 462 g/mol. The number of hydrogen-bond acceptors (Lipinski definition) is 4. The van der Waals surface area contributed by atoms with Crippen molar-refractivity contribution < 1.29 is 13.9 Å². The van der Waals surface area contributed by atoms with Crippen LogP contribution in [0.1, 0.15) is 10.4 Å². The predicted octanol–water partition coefficient (Wildman–Crippen LogP) is 6.54. The number of ether oxygens (including phenoxy) is 1. The molecule has 4 nitrogen and oxygen atoms in total. The first-order valence-electron chi connectivity index (χ1n) is 9.77. The summed E-state index contributed by atoms with van der Waals surface area (Å²) in [6.45, 7) is 0. The third-order valence-corrected chi connectivity index (χ3v) is 6.75. The number of carbonyl (C=O) groups is 1. The first-order valence-corrected chi connectivity index (χ1v) is 11.0. The van der Waals surface area contributed by atoms with Crippen LogP contribution in [0.25, 0.3) is 16.2 Å². The normalized spacial score (nSPS) is 15.0. The zero-order valence-corrected chi connectivity index (χ0v) is 18.5. The molecule has 0 bridgehead atoms. The summed E-state index contributed by atoms with van der Waals surface area (Å²) in [5.74, 6) is 0.396. The maximum Gasteiger partial charge on any atom is 0.282 e. The Morgan fingerprint density at radius 2 is 1.84 bits per heavy atom. The number of thiophene rings is 1. The second-order valence-electron chi connectivity index (χ2n) is 7.10. The fourth-order valence-corrected chi connectivity index (χ4v) is 5.04. The van der Waals surface area contributed by atoms with E-state index in [1.54, 1.807) is 25.3 Å². The molecule has 5 rings (SSSR count). The number of amides is 1. The van der Waals surface area contributed by atoms with Gasteiger partial charge in [0, 0.05) is 10.1 Å². The van der Waals surface area contributed by atoms with Crippen molar-refractivity contribution in [3.8, 4) is 5.75 Å². The van der Waals surface area contributed by atoms with Gasteiger partial charge in [0.25, 0.3) is 5.91 Å². The first-order chi connectivity index (χ1) is 15.5. The van der Waals surface area contributed by atoms with Crippen LogP contribution < -0.4 is 9.64 Å². The zero-order chi connectivity index (χ0) is 22.2. The van der Waals surface area contributed by atoms with Crippen LogP contribution in [0.15, 0.2) is 83.5 Å². The van der Waals surface area contributed by atoms with Crippen molar-refractivity contribution in [3.05, 3.63) is 99.8 Å². The number of fused-ring (bicyclic) bond motifs is 1. The molecule has 7 heteroatoms. The predicted molar refractivity (Wildman–Crippen MR) is 128 cm³/mol. The summed E-state index contributed by atoms with van der Waals surface area (Å²) >= 11 is 8.17. The first kappa shape index (κ1) is 20.4. The van der Waals surface area contributed by atoms with E-state index in [1.165, 1.54) is 28.4 Å². The van der Waals surface area contributed by atoms with Crippen molar-refractivity contribution >= 4 is 56.5 Å². The van der Waals surface area contributed by atoms with Gasteiger partial charge >= 0.3 is 0 Å². The van der Waals surface area contributed by atoms with Gasteiger partial charge in [0.2, 0.25) is 0 Å². The van der Waals surface area contributed by atoms with Gasteiger partial charge in [-0.15, -0.1) is 11.3 Å². The molecule has 158 valence electrons. The highest BCUT2D eigenvalue weighted by Gasteiger charge is 2.35. The van der Waals surface area contributed by atoms with Gasteiger partial charge in [-0.3, -0.25) is 9.69 Å². The largest absolute Gasteiger partial charge is 0.497 e. The minimum Gasteiger partial charge on any atom is -0.497 e. The van der Waals surface area contributed by atoms with Gasteiger partial charge in [0.1, 0.15) is 17.3 Å². The Morgan fingerprint density at radius 3 is 2.59 bits per heavy atom. The van der Waals surface area contributed by atoms with Crippen molar-refractivity contribution in [1.29, 1.82) is 0 Å². The van der Waals surface area contributed by atoms with Crippen molar-refractivity contribution in [2.45, 2.75) is 0 Å². The van der Waals surface area contributed by atoms with Crippen molar-refractivity contribution in [3.63, 3.8) is 0 Å². The summed E-state index contributed by atoms with van der Waals surface area (Å²) < 4.78 is 19.8. The standard InChI is InChI=1S/C25H16ClFN2O2S/c1-31-18-6-4-5-15(13-18)14-20-25(30)29(17-11-9-16(27)10-12-17)24(28-20)23-22(26)19-7-2-3-8-21(19)32-23/h2-14H,1H3/b20-14+. The Balaban J connectivity index is 1.67. The van der Waals surface area contributed by atoms with Crippen LogP contribution in [0.4, 0.5) is 10.1 Å². The summed E-state index contributed by atoms with van der Waals surface area (Å²) in [4.78, 5) is 20.3. The van der Waals surface area contributed by atoms with Gasteiger partial charge in [-0.1, -0.05) is 41.9 Å². The molecular weight excluding hydrogens is 447 g/mol. The summed E-state index contributed by atoms with van der Waals surface area (Å²) in [6.07, 6.45) is 1.70. The lowest BCUT2D eigenvalue weighted by Gasteiger charge is -2.17. The van der Waals surface area contributed by atoms with Crippen LogP contribution in [0.2, 0.25) is 5.02 Å². The second-order valence-corrected chi connectivity index (χ2v) is 8.53. The molecule has 1 amide bonds. The Kier molecular flexibility index (Phi) is 5.25. The maximum absolute atomic E-state index is 13.6. The number of nitrogens with zero attached hydrogens (tertiary/aromatic N) is 2. The van der Waals surface area contributed by atoms with Gasteiger partial charge in [-0.2, -0.15) is 0 Å². The summed E-state index contributed by atoms with van der Waals surface area (Å²) in [5, 5.41) is 1.43. The van der Waals surface area contributed by atoms with Gasteiger partial charge in [-0.05, 0) is 54.1 Å². The van der Waals surface area contributed by atoms with E-state index >= 15 is 0 Å². The second kappa shape index (κ2) is 8.22. The fraction of sp³-hybridized carbons (Fsp3) is 0.0400. The summed E-state index contributed by atoms with van der Waals surface area (Å²) in [6, 6.07) is 20.9. The fourth-order valence-electron chi connectivity index (χ4n) is 3.55. The smallest absolute Gasteiger partial charge is 0.282 e.